The average Bonchev–Trinajstić information content (AvgIpc) is 3.00. The number of nitrogens with zero attached hydrogens (tertiary/aromatic N) is 4. The maximum Gasteiger partial charge on any atom is 0.446 e. The number of anilines is 2. The van der Waals surface area contributed by atoms with Crippen molar-refractivity contribution in [1.29, 1.82) is 0 Å². The monoisotopic (exact) mass is 595 g/mol. The van der Waals surface area contributed by atoms with Crippen LogP contribution in [0.4, 0.5) is 24.5 Å². The van der Waals surface area contributed by atoms with Gasteiger partial charge in [0.05, 0.1) is 17.6 Å². The van der Waals surface area contributed by atoms with Crippen LogP contribution in [0.2, 0.25) is 0 Å². The van der Waals surface area contributed by atoms with Crippen molar-refractivity contribution in [1.82, 2.24) is 14.7 Å². The maximum absolute atomic E-state index is 13.6. The smallest absolute Gasteiger partial charge is 0.446 e. The molecule has 2 heterocycles. The lowest BCUT2D eigenvalue weighted by Crippen LogP contribution is -2.49. The maximum atomic E-state index is 13.6. The second-order valence-electron chi connectivity index (χ2n) is 9.40. The van der Waals surface area contributed by atoms with Crippen molar-refractivity contribution in [2.24, 2.45) is 0 Å². The van der Waals surface area contributed by atoms with E-state index in [0.29, 0.717) is 56.4 Å². The predicted octanol–water partition coefficient (Wildman–Crippen LogP) is 5.30. The number of ether oxygens (including phenoxy) is 1. The van der Waals surface area contributed by atoms with Gasteiger partial charge in [0.15, 0.2) is 0 Å². The van der Waals surface area contributed by atoms with E-state index in [1.54, 1.807) is 23.2 Å². The molecule has 1 aliphatic rings. The highest BCUT2D eigenvalue weighted by Crippen LogP contribution is 2.37. The third-order valence-electron chi connectivity index (χ3n) is 6.60. The Kier molecular flexibility index (Phi) is 9.01. The number of para-hydroxylation sites is 2. The Morgan fingerprint density at radius 1 is 0.929 bits per heavy atom. The predicted molar refractivity (Wildman–Crippen MR) is 157 cm³/mol. The topological polar surface area (TPSA) is 79.7 Å². The Balaban J connectivity index is 1.30. The number of rotatable bonds is 9. The summed E-state index contributed by atoms with van der Waals surface area (Å²) < 4.78 is 45.5. The van der Waals surface area contributed by atoms with Crippen LogP contribution in [0, 0.1) is 0 Å². The van der Waals surface area contributed by atoms with E-state index in [2.05, 4.69) is 10.4 Å². The minimum Gasteiger partial charge on any atom is -0.492 e. The van der Waals surface area contributed by atoms with Gasteiger partial charge in [-0.1, -0.05) is 42.5 Å². The van der Waals surface area contributed by atoms with Crippen LogP contribution in [0.3, 0.4) is 0 Å². The molecule has 1 aliphatic heterocycles. The van der Waals surface area contributed by atoms with Gasteiger partial charge in [-0.3, -0.25) is 9.59 Å². The zero-order valence-electron chi connectivity index (χ0n) is 22.5. The number of hydrogen-bond acceptors (Lipinski definition) is 7. The Labute approximate surface area is 244 Å². The van der Waals surface area contributed by atoms with E-state index in [9.17, 15) is 22.8 Å². The van der Waals surface area contributed by atoms with Crippen molar-refractivity contribution >= 4 is 29.0 Å². The molecule has 1 saturated heterocycles. The van der Waals surface area contributed by atoms with E-state index in [0.717, 1.165) is 5.75 Å². The summed E-state index contributed by atoms with van der Waals surface area (Å²) in [5.41, 5.74) is -2.97. The molecule has 12 heteroatoms. The van der Waals surface area contributed by atoms with Gasteiger partial charge in [-0.15, -0.1) is 0 Å². The highest BCUT2D eigenvalue weighted by atomic mass is 32.2. The summed E-state index contributed by atoms with van der Waals surface area (Å²) in [5.74, 6) is 0.382. The molecule has 1 aromatic heterocycles. The second-order valence-corrected chi connectivity index (χ2v) is 10.5. The number of carbonyl (C=O) groups is 1. The van der Waals surface area contributed by atoms with E-state index in [1.807, 2.05) is 53.4 Å². The highest BCUT2D eigenvalue weighted by molar-refractivity contribution is 8.00. The van der Waals surface area contributed by atoms with Gasteiger partial charge in [0, 0.05) is 43.2 Å². The molecule has 1 fully saturated rings. The first-order valence-corrected chi connectivity index (χ1v) is 14.1. The molecule has 1 amide bonds. The summed E-state index contributed by atoms with van der Waals surface area (Å²) >= 11 is -0.248. The Bertz CT molecular complexity index is 1560. The first kappa shape index (κ1) is 29.1. The van der Waals surface area contributed by atoms with Crippen LogP contribution in [0.15, 0.2) is 101 Å². The van der Waals surface area contributed by atoms with Gasteiger partial charge >= 0.3 is 5.51 Å². The third-order valence-corrected chi connectivity index (χ3v) is 7.32. The van der Waals surface area contributed by atoms with Crippen molar-refractivity contribution in [3.05, 3.63) is 107 Å². The van der Waals surface area contributed by atoms with Crippen LogP contribution >= 0.6 is 11.8 Å². The van der Waals surface area contributed by atoms with E-state index in [1.165, 1.54) is 28.9 Å². The summed E-state index contributed by atoms with van der Waals surface area (Å²) in [6, 6.07) is 24.0. The van der Waals surface area contributed by atoms with E-state index in [-0.39, 0.29) is 33.7 Å². The molecule has 5 rings (SSSR count). The van der Waals surface area contributed by atoms with Crippen molar-refractivity contribution in [2.45, 2.75) is 10.4 Å². The largest absolute Gasteiger partial charge is 0.492 e. The van der Waals surface area contributed by atoms with Crippen molar-refractivity contribution < 1.29 is 22.7 Å². The highest BCUT2D eigenvalue weighted by Gasteiger charge is 2.30. The zero-order chi connectivity index (χ0) is 29.5. The van der Waals surface area contributed by atoms with Gasteiger partial charge in [-0.05, 0) is 54.2 Å². The lowest BCUT2D eigenvalue weighted by Gasteiger charge is -2.36. The molecule has 8 nitrogen and oxygen atoms in total. The molecule has 218 valence electrons. The molecule has 0 aliphatic carbocycles. The Morgan fingerprint density at radius 2 is 1.62 bits per heavy atom. The summed E-state index contributed by atoms with van der Waals surface area (Å²) in [7, 11) is 0. The minimum absolute atomic E-state index is 0.0380. The van der Waals surface area contributed by atoms with Crippen molar-refractivity contribution in [3.63, 3.8) is 0 Å². The lowest BCUT2D eigenvalue weighted by molar-refractivity contribution is -0.0328. The molecule has 42 heavy (non-hydrogen) atoms. The number of carbonyl (C=O) groups excluding carboxylic acids is 1. The number of nitrogens with one attached hydrogen (secondary N) is 1. The molecule has 0 radical (unpaired) electrons. The SMILES string of the molecule is O=C(c1cccc(SC(F)(F)F)c1)N1CCN(c2cnn(-c3ccccc3)c(=O)c2NCCOc2ccccc2)CC1. The second kappa shape index (κ2) is 13.0. The van der Waals surface area contributed by atoms with Gasteiger partial charge in [0.1, 0.15) is 18.0 Å². The molecule has 0 bridgehead atoms. The first-order valence-electron chi connectivity index (χ1n) is 13.3. The molecular formula is C30H28F3N5O3S. The fourth-order valence-corrected chi connectivity index (χ4v) is 5.22. The summed E-state index contributed by atoms with van der Waals surface area (Å²) in [4.78, 5) is 30.3. The van der Waals surface area contributed by atoms with Crippen LogP contribution in [0.1, 0.15) is 10.4 Å². The third kappa shape index (κ3) is 7.24. The molecule has 0 atom stereocenters. The van der Waals surface area contributed by atoms with Crippen LogP contribution in [-0.4, -0.2) is 65.4 Å². The van der Waals surface area contributed by atoms with Crippen LogP contribution < -0.4 is 20.5 Å². The molecule has 0 spiro atoms. The van der Waals surface area contributed by atoms with E-state index < -0.39 is 5.51 Å². The number of alkyl halides is 3. The number of hydrogen-bond donors (Lipinski definition) is 1. The quantitative estimate of drug-likeness (QED) is 0.208. The van der Waals surface area contributed by atoms with Gasteiger partial charge < -0.3 is 19.9 Å². The summed E-state index contributed by atoms with van der Waals surface area (Å²) in [6.07, 6.45) is 1.63. The van der Waals surface area contributed by atoms with Crippen molar-refractivity contribution in [3.8, 4) is 11.4 Å². The van der Waals surface area contributed by atoms with Crippen LogP contribution in [-0.2, 0) is 0 Å². The van der Waals surface area contributed by atoms with E-state index in [4.69, 9.17) is 4.74 Å². The zero-order valence-corrected chi connectivity index (χ0v) is 23.3. The Hall–Kier alpha value is -4.45. The number of thioether (sulfide) groups is 1. The fourth-order valence-electron chi connectivity index (χ4n) is 4.62. The normalized spacial score (nSPS) is 13.6. The molecule has 1 N–H and O–H groups in total. The first-order chi connectivity index (χ1) is 20.3. The molecule has 3 aromatic carbocycles. The van der Waals surface area contributed by atoms with Gasteiger partial charge in [-0.25, -0.2) is 0 Å². The minimum atomic E-state index is -4.44. The number of amides is 1. The number of halogens is 3. The summed E-state index contributed by atoms with van der Waals surface area (Å²) in [6.45, 7) is 2.16. The number of piperazine rings is 1. The molecule has 0 unspecified atom stereocenters. The molecule has 0 saturated carbocycles. The standard InChI is InChI=1S/C30H28F3N5O3S/c31-30(32,33)42-25-13-7-8-22(20-25)28(39)37-17-15-36(16-18-37)26-21-35-38(23-9-3-1-4-10-23)29(40)27(26)34-14-19-41-24-11-5-2-6-12-24/h1-13,20-21,34H,14-19H2. The lowest BCUT2D eigenvalue weighted by atomic mass is 10.1. The van der Waals surface area contributed by atoms with Gasteiger partial charge in [0.2, 0.25) is 0 Å². The van der Waals surface area contributed by atoms with Crippen molar-refractivity contribution in [2.75, 3.05) is 49.5 Å². The van der Waals surface area contributed by atoms with Crippen LogP contribution in [0.5, 0.6) is 5.75 Å². The summed E-state index contributed by atoms with van der Waals surface area (Å²) in [5, 5.41) is 7.65. The number of benzene rings is 3. The average molecular weight is 596 g/mol. The van der Waals surface area contributed by atoms with Crippen LogP contribution in [0.25, 0.3) is 5.69 Å². The molecule has 4 aromatic rings. The van der Waals surface area contributed by atoms with E-state index >= 15 is 0 Å². The van der Waals surface area contributed by atoms with Gasteiger partial charge in [0.25, 0.3) is 11.5 Å². The fraction of sp³-hybridized carbons (Fsp3) is 0.233. The molecular weight excluding hydrogens is 567 g/mol. The number of aromatic nitrogens is 2. The van der Waals surface area contributed by atoms with Gasteiger partial charge in [-0.2, -0.15) is 23.0 Å². The Morgan fingerprint density at radius 3 is 2.31 bits per heavy atom.